The van der Waals surface area contributed by atoms with Crippen LogP contribution in [0.5, 0.6) is 23.0 Å². The van der Waals surface area contributed by atoms with Crippen molar-refractivity contribution in [1.82, 2.24) is 0 Å². The molecule has 0 amide bonds. The van der Waals surface area contributed by atoms with Gasteiger partial charge in [-0.25, -0.2) is 0 Å². The summed E-state index contributed by atoms with van der Waals surface area (Å²) in [6, 6.07) is 10.3. The molecule has 0 unspecified atom stereocenters. The van der Waals surface area contributed by atoms with Gasteiger partial charge in [0.15, 0.2) is 17.3 Å². The SMILES string of the molecule is CC(=O)c1ccc(Oc2ccc3c(c2)OCO3)cc1N. The highest BCUT2D eigenvalue weighted by Crippen LogP contribution is 2.36. The molecule has 1 heterocycles. The Kier molecular flexibility index (Phi) is 2.95. The lowest BCUT2D eigenvalue weighted by Crippen LogP contribution is -1.99. The molecule has 5 nitrogen and oxygen atoms in total. The van der Waals surface area contributed by atoms with Gasteiger partial charge in [-0.2, -0.15) is 0 Å². The molecular formula is C15H13NO4. The third kappa shape index (κ3) is 2.25. The molecule has 3 rings (SSSR count). The summed E-state index contributed by atoms with van der Waals surface area (Å²) in [7, 11) is 0. The van der Waals surface area contributed by atoms with Gasteiger partial charge in [-0.05, 0) is 31.2 Å². The van der Waals surface area contributed by atoms with Gasteiger partial charge in [-0.15, -0.1) is 0 Å². The molecule has 1 aliphatic rings. The van der Waals surface area contributed by atoms with Crippen LogP contribution < -0.4 is 19.9 Å². The van der Waals surface area contributed by atoms with Crippen molar-refractivity contribution in [1.29, 1.82) is 0 Å². The molecule has 2 aromatic rings. The Morgan fingerprint density at radius 2 is 1.80 bits per heavy atom. The van der Waals surface area contributed by atoms with Crippen LogP contribution in [-0.2, 0) is 0 Å². The maximum absolute atomic E-state index is 11.3. The van der Waals surface area contributed by atoms with Crippen LogP contribution >= 0.6 is 0 Å². The number of hydrogen-bond donors (Lipinski definition) is 1. The van der Waals surface area contributed by atoms with E-state index in [1.165, 1.54) is 6.92 Å². The van der Waals surface area contributed by atoms with E-state index in [9.17, 15) is 4.79 Å². The monoisotopic (exact) mass is 271 g/mol. The Balaban J connectivity index is 1.84. The number of Topliss-reactive ketones (excluding diaryl/α,β-unsaturated/α-hetero) is 1. The minimum Gasteiger partial charge on any atom is -0.457 e. The van der Waals surface area contributed by atoms with Crippen LogP contribution in [0, 0.1) is 0 Å². The molecule has 0 radical (unpaired) electrons. The van der Waals surface area contributed by atoms with Crippen LogP contribution in [0.15, 0.2) is 36.4 Å². The zero-order chi connectivity index (χ0) is 14.1. The van der Waals surface area contributed by atoms with E-state index in [4.69, 9.17) is 19.9 Å². The first kappa shape index (κ1) is 12.3. The minimum absolute atomic E-state index is 0.0721. The van der Waals surface area contributed by atoms with Gasteiger partial charge >= 0.3 is 0 Å². The van der Waals surface area contributed by atoms with Gasteiger partial charge in [0.05, 0.1) is 0 Å². The van der Waals surface area contributed by atoms with Gasteiger partial charge in [-0.1, -0.05) is 0 Å². The topological polar surface area (TPSA) is 70.8 Å². The third-order valence-electron chi connectivity index (χ3n) is 2.98. The average molecular weight is 271 g/mol. The first-order valence-electron chi connectivity index (χ1n) is 6.11. The lowest BCUT2D eigenvalue weighted by molar-refractivity contribution is 0.101. The van der Waals surface area contributed by atoms with Crippen molar-refractivity contribution in [2.45, 2.75) is 6.92 Å². The molecule has 2 N–H and O–H groups in total. The Morgan fingerprint density at radius 1 is 1.10 bits per heavy atom. The van der Waals surface area contributed by atoms with Crippen molar-refractivity contribution >= 4 is 11.5 Å². The molecule has 0 saturated carbocycles. The largest absolute Gasteiger partial charge is 0.457 e. The standard InChI is InChI=1S/C15H13NO4/c1-9(17)12-4-2-10(6-13(12)16)20-11-3-5-14-15(7-11)19-8-18-14/h2-7H,8,16H2,1H3. The average Bonchev–Trinajstić information content (AvgIpc) is 2.85. The molecule has 5 heteroatoms. The van der Waals surface area contributed by atoms with Gasteiger partial charge in [-0.3, -0.25) is 4.79 Å². The van der Waals surface area contributed by atoms with Gasteiger partial charge in [0.1, 0.15) is 11.5 Å². The number of benzene rings is 2. The summed E-state index contributed by atoms with van der Waals surface area (Å²) in [6.07, 6.45) is 0. The number of nitrogens with two attached hydrogens (primary N) is 1. The summed E-state index contributed by atoms with van der Waals surface area (Å²) in [5.41, 5.74) is 6.71. The van der Waals surface area contributed by atoms with Crippen LogP contribution in [0.25, 0.3) is 0 Å². The molecule has 0 fully saturated rings. The molecule has 0 aliphatic carbocycles. The Morgan fingerprint density at radius 3 is 2.55 bits per heavy atom. The van der Waals surface area contributed by atoms with Gasteiger partial charge in [0.25, 0.3) is 0 Å². The van der Waals surface area contributed by atoms with Crippen LogP contribution in [0.3, 0.4) is 0 Å². The second-order valence-corrected chi connectivity index (χ2v) is 4.42. The molecule has 2 aromatic carbocycles. The van der Waals surface area contributed by atoms with Crippen LogP contribution in [0.2, 0.25) is 0 Å². The van der Waals surface area contributed by atoms with Crippen molar-refractivity contribution in [3.05, 3.63) is 42.0 Å². The number of rotatable bonds is 3. The number of nitrogen functional groups attached to an aromatic ring is 1. The van der Waals surface area contributed by atoms with Crippen molar-refractivity contribution in [3.63, 3.8) is 0 Å². The fourth-order valence-electron chi connectivity index (χ4n) is 2.00. The number of hydrogen-bond acceptors (Lipinski definition) is 5. The molecule has 102 valence electrons. The zero-order valence-corrected chi connectivity index (χ0v) is 10.9. The molecular weight excluding hydrogens is 258 g/mol. The van der Waals surface area contributed by atoms with Crippen molar-refractivity contribution < 1.29 is 19.0 Å². The van der Waals surface area contributed by atoms with Gasteiger partial charge in [0.2, 0.25) is 6.79 Å². The zero-order valence-electron chi connectivity index (χ0n) is 10.9. The lowest BCUT2D eigenvalue weighted by Gasteiger charge is -2.08. The smallest absolute Gasteiger partial charge is 0.231 e. The summed E-state index contributed by atoms with van der Waals surface area (Å²) in [5.74, 6) is 2.45. The summed E-state index contributed by atoms with van der Waals surface area (Å²) in [4.78, 5) is 11.3. The number of anilines is 1. The van der Waals surface area contributed by atoms with E-state index >= 15 is 0 Å². The molecule has 0 bridgehead atoms. The van der Waals surface area contributed by atoms with Crippen molar-refractivity contribution in [2.75, 3.05) is 12.5 Å². The second kappa shape index (κ2) is 4.77. The van der Waals surface area contributed by atoms with Crippen molar-refractivity contribution in [3.8, 4) is 23.0 Å². The maximum Gasteiger partial charge on any atom is 0.231 e. The second-order valence-electron chi connectivity index (χ2n) is 4.42. The Labute approximate surface area is 115 Å². The number of ether oxygens (including phenoxy) is 3. The molecule has 20 heavy (non-hydrogen) atoms. The predicted octanol–water partition coefficient (Wildman–Crippen LogP) is 2.99. The van der Waals surface area contributed by atoms with Crippen LogP contribution in [-0.4, -0.2) is 12.6 Å². The quantitative estimate of drug-likeness (QED) is 0.686. The van der Waals surface area contributed by atoms with E-state index in [1.807, 2.05) is 0 Å². The molecule has 0 aromatic heterocycles. The summed E-state index contributed by atoms with van der Waals surface area (Å²) >= 11 is 0. The maximum atomic E-state index is 11.3. The van der Waals surface area contributed by atoms with Gasteiger partial charge < -0.3 is 19.9 Å². The normalized spacial score (nSPS) is 12.2. The minimum atomic E-state index is -0.0721. The fourth-order valence-corrected chi connectivity index (χ4v) is 2.00. The molecule has 0 saturated heterocycles. The molecule has 0 spiro atoms. The Bertz CT molecular complexity index is 682. The summed E-state index contributed by atoms with van der Waals surface area (Å²) < 4.78 is 16.2. The molecule has 0 atom stereocenters. The van der Waals surface area contributed by atoms with Crippen LogP contribution in [0.4, 0.5) is 5.69 Å². The highest BCUT2D eigenvalue weighted by atomic mass is 16.7. The van der Waals surface area contributed by atoms with Crippen molar-refractivity contribution in [2.24, 2.45) is 0 Å². The first-order valence-corrected chi connectivity index (χ1v) is 6.11. The van der Waals surface area contributed by atoms with E-state index in [1.54, 1.807) is 36.4 Å². The van der Waals surface area contributed by atoms with E-state index in [-0.39, 0.29) is 12.6 Å². The number of carbonyl (C=O) groups is 1. The fraction of sp³-hybridized carbons (Fsp3) is 0.133. The summed E-state index contributed by atoms with van der Waals surface area (Å²) in [5, 5.41) is 0. The van der Waals surface area contributed by atoms with E-state index < -0.39 is 0 Å². The number of fused-ring (bicyclic) bond motifs is 1. The predicted molar refractivity (Wildman–Crippen MR) is 73.5 cm³/mol. The van der Waals surface area contributed by atoms with E-state index in [0.29, 0.717) is 34.2 Å². The number of ketones is 1. The van der Waals surface area contributed by atoms with E-state index in [0.717, 1.165) is 0 Å². The number of carbonyl (C=O) groups excluding carboxylic acids is 1. The van der Waals surface area contributed by atoms with Crippen LogP contribution in [0.1, 0.15) is 17.3 Å². The lowest BCUT2D eigenvalue weighted by atomic mass is 10.1. The highest BCUT2D eigenvalue weighted by Gasteiger charge is 2.14. The summed E-state index contributed by atoms with van der Waals surface area (Å²) in [6.45, 7) is 1.70. The molecule has 1 aliphatic heterocycles. The van der Waals surface area contributed by atoms with E-state index in [2.05, 4.69) is 0 Å². The third-order valence-corrected chi connectivity index (χ3v) is 2.98. The van der Waals surface area contributed by atoms with Gasteiger partial charge in [0, 0.05) is 23.4 Å². The first-order chi connectivity index (χ1) is 9.63. The Hall–Kier alpha value is -2.69. The highest BCUT2D eigenvalue weighted by molar-refractivity contribution is 5.99.